The molecule has 0 fully saturated rings. The van der Waals surface area contributed by atoms with Crippen molar-refractivity contribution >= 4 is 23.3 Å². The molecule has 0 radical (unpaired) electrons. The van der Waals surface area contributed by atoms with E-state index in [9.17, 15) is 4.79 Å². The molecular weight excluding hydrogens is 398 g/mol. The lowest BCUT2D eigenvalue weighted by atomic mass is 10.1. The molecule has 1 aliphatic heterocycles. The molecule has 0 atom stereocenters. The predicted molar refractivity (Wildman–Crippen MR) is 123 cm³/mol. The first kappa shape index (κ1) is 20.3. The van der Waals surface area contributed by atoms with Crippen LogP contribution in [0.3, 0.4) is 0 Å². The number of benzene rings is 2. The van der Waals surface area contributed by atoms with Crippen LogP contribution in [0.25, 0.3) is 27.7 Å². The third-order valence-corrected chi connectivity index (χ3v) is 5.88. The molecule has 0 saturated carbocycles. The van der Waals surface area contributed by atoms with Crippen LogP contribution in [0.1, 0.15) is 11.3 Å². The molecule has 0 amide bonds. The molecule has 0 aliphatic carbocycles. The summed E-state index contributed by atoms with van der Waals surface area (Å²) >= 11 is 0. The Morgan fingerprint density at radius 2 is 1.80 bits per heavy atom. The molecule has 30 heavy (non-hydrogen) atoms. The van der Waals surface area contributed by atoms with Crippen LogP contribution in [-0.4, -0.2) is 22.8 Å². The van der Waals surface area contributed by atoms with E-state index in [-0.39, 0.29) is 18.0 Å². The second kappa shape index (κ2) is 8.01. The fourth-order valence-corrected chi connectivity index (χ4v) is 4.30. The SMILES string of the molecule is COc1ccc(-c2ccn(-c3ccc4c5c(n(C)c4c3)CCNC5)c(=O)c2)cc1.Cl. The number of hydrogen-bond acceptors (Lipinski definition) is 3. The molecule has 5 nitrogen and oxygen atoms in total. The largest absolute Gasteiger partial charge is 0.497 e. The van der Waals surface area contributed by atoms with Gasteiger partial charge in [-0.2, -0.15) is 0 Å². The summed E-state index contributed by atoms with van der Waals surface area (Å²) in [5.74, 6) is 0.802. The van der Waals surface area contributed by atoms with Gasteiger partial charge < -0.3 is 14.6 Å². The fourth-order valence-electron chi connectivity index (χ4n) is 4.30. The smallest absolute Gasteiger partial charge is 0.255 e. The van der Waals surface area contributed by atoms with E-state index in [2.05, 4.69) is 29.1 Å². The lowest BCUT2D eigenvalue weighted by molar-refractivity contribution is 0.415. The normalized spacial score (nSPS) is 13.0. The summed E-state index contributed by atoms with van der Waals surface area (Å²) in [5.41, 5.74) is 6.67. The second-order valence-electron chi connectivity index (χ2n) is 7.46. The lowest BCUT2D eigenvalue weighted by Gasteiger charge is -2.14. The van der Waals surface area contributed by atoms with Gasteiger partial charge in [0.15, 0.2) is 0 Å². The van der Waals surface area contributed by atoms with Crippen molar-refractivity contribution in [1.82, 2.24) is 14.5 Å². The number of aromatic nitrogens is 2. The molecule has 0 saturated heterocycles. The Morgan fingerprint density at radius 3 is 2.53 bits per heavy atom. The highest BCUT2D eigenvalue weighted by molar-refractivity contribution is 5.87. The molecule has 5 rings (SSSR count). The Hall–Kier alpha value is -3.02. The van der Waals surface area contributed by atoms with E-state index in [1.165, 1.54) is 22.2 Å². The Kier molecular flexibility index (Phi) is 5.41. The summed E-state index contributed by atoms with van der Waals surface area (Å²) in [6.07, 6.45) is 2.89. The van der Waals surface area contributed by atoms with Crippen molar-refractivity contribution in [3.63, 3.8) is 0 Å². The first-order valence-electron chi connectivity index (χ1n) is 9.84. The van der Waals surface area contributed by atoms with Crippen molar-refractivity contribution in [3.05, 3.63) is 82.4 Å². The number of pyridine rings is 1. The van der Waals surface area contributed by atoms with Gasteiger partial charge in [0, 0.05) is 49.9 Å². The number of ether oxygens (including phenoxy) is 1. The van der Waals surface area contributed by atoms with Crippen LogP contribution in [0, 0.1) is 0 Å². The van der Waals surface area contributed by atoms with Gasteiger partial charge in [0.1, 0.15) is 5.75 Å². The van der Waals surface area contributed by atoms with Crippen LogP contribution in [0.4, 0.5) is 0 Å². The van der Waals surface area contributed by atoms with Crippen LogP contribution >= 0.6 is 12.4 Å². The number of methoxy groups -OCH3 is 1. The minimum Gasteiger partial charge on any atom is -0.497 e. The first-order chi connectivity index (χ1) is 14.2. The quantitative estimate of drug-likeness (QED) is 0.542. The summed E-state index contributed by atoms with van der Waals surface area (Å²) in [4.78, 5) is 12.9. The highest BCUT2D eigenvalue weighted by atomic mass is 35.5. The zero-order valence-electron chi connectivity index (χ0n) is 17.0. The Bertz CT molecular complexity index is 1270. The van der Waals surface area contributed by atoms with Crippen LogP contribution in [0.15, 0.2) is 65.6 Å². The maximum atomic E-state index is 12.9. The number of nitrogens with zero attached hydrogens (tertiary/aromatic N) is 2. The molecular formula is C24H24ClN3O2. The third kappa shape index (κ3) is 3.30. The van der Waals surface area contributed by atoms with Gasteiger partial charge in [0.25, 0.3) is 5.56 Å². The maximum Gasteiger partial charge on any atom is 0.255 e. The monoisotopic (exact) mass is 421 g/mol. The lowest BCUT2D eigenvalue weighted by Crippen LogP contribution is -2.24. The number of fused-ring (bicyclic) bond motifs is 3. The Labute approximate surface area is 181 Å². The van der Waals surface area contributed by atoms with Crippen molar-refractivity contribution in [3.8, 4) is 22.6 Å². The summed E-state index contributed by atoms with van der Waals surface area (Å²) in [7, 11) is 3.76. The summed E-state index contributed by atoms with van der Waals surface area (Å²) in [5, 5.41) is 4.72. The molecule has 0 spiro atoms. The number of hydrogen-bond donors (Lipinski definition) is 1. The van der Waals surface area contributed by atoms with Gasteiger partial charge in [-0.25, -0.2) is 0 Å². The molecule has 3 heterocycles. The van der Waals surface area contributed by atoms with Gasteiger partial charge in [-0.05, 0) is 47.0 Å². The molecule has 154 valence electrons. The van der Waals surface area contributed by atoms with Crippen LogP contribution in [-0.2, 0) is 20.0 Å². The van der Waals surface area contributed by atoms with E-state index in [1.807, 2.05) is 42.6 Å². The summed E-state index contributed by atoms with van der Waals surface area (Å²) in [6, 6.07) is 17.7. The van der Waals surface area contributed by atoms with E-state index < -0.39 is 0 Å². The Balaban J connectivity index is 0.00000218. The zero-order valence-corrected chi connectivity index (χ0v) is 17.8. The molecule has 1 N–H and O–H groups in total. The van der Waals surface area contributed by atoms with Gasteiger partial charge >= 0.3 is 0 Å². The van der Waals surface area contributed by atoms with Gasteiger partial charge in [0.05, 0.1) is 18.3 Å². The second-order valence-corrected chi connectivity index (χ2v) is 7.46. The summed E-state index contributed by atoms with van der Waals surface area (Å²) < 4.78 is 9.18. The van der Waals surface area contributed by atoms with E-state index in [0.29, 0.717) is 0 Å². The number of halogens is 1. The fraction of sp³-hybridized carbons (Fsp3) is 0.208. The average molecular weight is 422 g/mol. The molecule has 2 aromatic carbocycles. The van der Waals surface area contributed by atoms with Crippen LogP contribution in [0.2, 0.25) is 0 Å². The summed E-state index contributed by atoms with van der Waals surface area (Å²) in [6.45, 7) is 1.92. The van der Waals surface area contributed by atoms with Gasteiger partial charge in [-0.1, -0.05) is 18.2 Å². The van der Waals surface area contributed by atoms with E-state index in [1.54, 1.807) is 17.7 Å². The van der Waals surface area contributed by atoms with Crippen molar-refractivity contribution in [2.24, 2.45) is 7.05 Å². The van der Waals surface area contributed by atoms with E-state index in [4.69, 9.17) is 4.74 Å². The molecule has 1 aliphatic rings. The van der Waals surface area contributed by atoms with Crippen molar-refractivity contribution < 1.29 is 4.74 Å². The van der Waals surface area contributed by atoms with Gasteiger partial charge in [0.2, 0.25) is 0 Å². The minimum atomic E-state index is -0.0432. The highest BCUT2D eigenvalue weighted by Crippen LogP contribution is 2.29. The zero-order chi connectivity index (χ0) is 20.0. The molecule has 6 heteroatoms. The molecule has 0 bridgehead atoms. The van der Waals surface area contributed by atoms with Crippen LogP contribution in [0.5, 0.6) is 5.75 Å². The molecule has 0 unspecified atom stereocenters. The van der Waals surface area contributed by atoms with Gasteiger partial charge in [-0.3, -0.25) is 9.36 Å². The van der Waals surface area contributed by atoms with Crippen LogP contribution < -0.4 is 15.6 Å². The number of aryl methyl sites for hydroxylation is 1. The van der Waals surface area contributed by atoms with Crippen molar-refractivity contribution in [2.75, 3.05) is 13.7 Å². The highest BCUT2D eigenvalue weighted by Gasteiger charge is 2.18. The molecule has 4 aromatic rings. The maximum absolute atomic E-state index is 12.9. The standard InChI is InChI=1S/C24H23N3O2.ClH/c1-26-22-9-11-25-15-21(22)20-8-5-18(14-23(20)26)27-12-10-17(13-24(27)28)16-3-6-19(29-2)7-4-16;/h3-8,10,12-14,25H,9,11,15H2,1-2H3;1H. The third-order valence-electron chi connectivity index (χ3n) is 5.88. The minimum absolute atomic E-state index is 0. The predicted octanol–water partition coefficient (Wildman–Crippen LogP) is 4.07. The van der Waals surface area contributed by atoms with Crippen molar-refractivity contribution in [1.29, 1.82) is 0 Å². The van der Waals surface area contributed by atoms with Gasteiger partial charge in [-0.15, -0.1) is 12.4 Å². The van der Waals surface area contributed by atoms with E-state index in [0.717, 1.165) is 42.1 Å². The van der Waals surface area contributed by atoms with E-state index >= 15 is 0 Å². The molecule has 2 aromatic heterocycles. The Morgan fingerprint density at radius 1 is 1.00 bits per heavy atom. The number of rotatable bonds is 3. The van der Waals surface area contributed by atoms with Crippen molar-refractivity contribution in [2.45, 2.75) is 13.0 Å². The topological polar surface area (TPSA) is 48.2 Å². The average Bonchev–Trinajstić information content (AvgIpc) is 3.06. The number of nitrogens with one attached hydrogen (secondary N) is 1. The first-order valence-corrected chi connectivity index (χ1v) is 9.84.